The molecule has 0 unspecified atom stereocenters. The minimum atomic E-state index is -4.11. The van der Waals surface area contributed by atoms with E-state index in [0.717, 1.165) is 12.1 Å². The first-order valence-electron chi connectivity index (χ1n) is 11.0. The van der Waals surface area contributed by atoms with Crippen molar-refractivity contribution in [3.05, 3.63) is 34.4 Å². The van der Waals surface area contributed by atoms with E-state index in [2.05, 4.69) is 4.72 Å². The minimum absolute atomic E-state index is 0.0351. The van der Waals surface area contributed by atoms with Crippen LogP contribution in [0.4, 0.5) is 5.69 Å². The first-order chi connectivity index (χ1) is 16.0. The van der Waals surface area contributed by atoms with Crippen molar-refractivity contribution in [2.75, 3.05) is 39.4 Å². The van der Waals surface area contributed by atoms with Crippen LogP contribution in [0.1, 0.15) is 41.5 Å². The van der Waals surface area contributed by atoms with Gasteiger partial charge >= 0.3 is 11.9 Å². The van der Waals surface area contributed by atoms with Gasteiger partial charge in [0.15, 0.2) is 4.90 Å². The highest BCUT2D eigenvalue weighted by Crippen LogP contribution is 2.22. The Balaban J connectivity index is 2.61. The molecule has 0 aliphatic carbocycles. The average Bonchev–Trinajstić information content (AvgIpc) is 2.67. The maximum atomic E-state index is 12.4. The van der Waals surface area contributed by atoms with Crippen molar-refractivity contribution in [3.63, 3.8) is 0 Å². The van der Waals surface area contributed by atoms with E-state index < -0.39 is 48.7 Å². The zero-order valence-corrected chi connectivity index (χ0v) is 21.8. The SMILES string of the molecule is CC(C)(C)OC(=O)CN(CCOCCNS(=O)(=O)c1ccccc1[N+](=O)[O-])CC(=O)OC(C)(C)C. The van der Waals surface area contributed by atoms with Gasteiger partial charge in [-0.15, -0.1) is 0 Å². The van der Waals surface area contributed by atoms with Crippen LogP contribution in [0.5, 0.6) is 0 Å². The summed E-state index contributed by atoms with van der Waals surface area (Å²) in [5, 5.41) is 11.1. The topological polar surface area (TPSA) is 154 Å². The molecule has 1 N–H and O–H groups in total. The van der Waals surface area contributed by atoms with Crippen LogP contribution < -0.4 is 4.72 Å². The fraction of sp³-hybridized carbons (Fsp3) is 0.636. The third-order valence-electron chi connectivity index (χ3n) is 3.99. The fourth-order valence-electron chi connectivity index (χ4n) is 2.78. The van der Waals surface area contributed by atoms with Gasteiger partial charge in [0, 0.05) is 19.2 Å². The normalized spacial score (nSPS) is 12.4. The molecule has 0 saturated heterocycles. The number of esters is 2. The Labute approximate surface area is 206 Å². The Bertz CT molecular complexity index is 953. The molecule has 1 aromatic carbocycles. The van der Waals surface area contributed by atoms with E-state index in [9.17, 15) is 28.1 Å². The number of hydrogen-bond donors (Lipinski definition) is 1. The van der Waals surface area contributed by atoms with Gasteiger partial charge < -0.3 is 14.2 Å². The molecule has 198 valence electrons. The third-order valence-corrected chi connectivity index (χ3v) is 5.50. The monoisotopic (exact) mass is 517 g/mol. The number of rotatable bonds is 13. The smallest absolute Gasteiger partial charge is 0.320 e. The highest BCUT2D eigenvalue weighted by molar-refractivity contribution is 7.89. The fourth-order valence-corrected chi connectivity index (χ4v) is 3.97. The van der Waals surface area contributed by atoms with Gasteiger partial charge in [0.1, 0.15) is 11.2 Å². The summed E-state index contributed by atoms with van der Waals surface area (Å²) >= 11 is 0. The molecule has 0 bridgehead atoms. The summed E-state index contributed by atoms with van der Waals surface area (Å²) in [6, 6.07) is 5.02. The number of nitro groups is 1. The number of hydrogen-bond acceptors (Lipinski definition) is 10. The molecule has 0 fully saturated rings. The van der Waals surface area contributed by atoms with E-state index >= 15 is 0 Å². The highest BCUT2D eigenvalue weighted by atomic mass is 32.2. The predicted octanol–water partition coefficient (Wildman–Crippen LogP) is 1.88. The third kappa shape index (κ3) is 12.6. The predicted molar refractivity (Wildman–Crippen MR) is 127 cm³/mol. The van der Waals surface area contributed by atoms with Gasteiger partial charge in [-0.2, -0.15) is 0 Å². The van der Waals surface area contributed by atoms with Gasteiger partial charge in [-0.25, -0.2) is 13.1 Å². The minimum Gasteiger partial charge on any atom is -0.459 e. The van der Waals surface area contributed by atoms with Crippen LogP contribution in [-0.2, 0) is 33.8 Å². The summed E-state index contributed by atoms with van der Waals surface area (Å²) in [7, 11) is -4.11. The molecule has 1 rings (SSSR count). The molecule has 35 heavy (non-hydrogen) atoms. The van der Waals surface area contributed by atoms with Crippen LogP contribution in [0, 0.1) is 10.1 Å². The van der Waals surface area contributed by atoms with Crippen LogP contribution in [0.25, 0.3) is 0 Å². The number of carbonyl (C=O) groups excluding carboxylic acids is 2. The van der Waals surface area contributed by atoms with Crippen molar-refractivity contribution >= 4 is 27.6 Å². The molecular formula is C22H35N3O9S. The van der Waals surface area contributed by atoms with Crippen LogP contribution in [-0.4, -0.2) is 80.8 Å². The second-order valence-electron chi connectivity index (χ2n) is 9.62. The number of sulfonamides is 1. The number of nitrogens with zero attached hydrogens (tertiary/aromatic N) is 2. The van der Waals surface area contributed by atoms with Crippen LogP contribution in [0.2, 0.25) is 0 Å². The number of nitro benzene ring substituents is 1. The van der Waals surface area contributed by atoms with Crippen molar-refractivity contribution in [3.8, 4) is 0 Å². The number of para-hydroxylation sites is 1. The first-order valence-corrected chi connectivity index (χ1v) is 12.5. The lowest BCUT2D eigenvalue weighted by molar-refractivity contribution is -0.387. The van der Waals surface area contributed by atoms with E-state index in [0.29, 0.717) is 0 Å². The van der Waals surface area contributed by atoms with E-state index in [1.54, 1.807) is 41.5 Å². The van der Waals surface area contributed by atoms with E-state index in [4.69, 9.17) is 14.2 Å². The summed E-state index contributed by atoms with van der Waals surface area (Å²) in [5.41, 5.74) is -1.90. The van der Waals surface area contributed by atoms with E-state index in [1.165, 1.54) is 17.0 Å². The molecule has 0 aromatic heterocycles. The van der Waals surface area contributed by atoms with Crippen LogP contribution in [0.3, 0.4) is 0 Å². The number of carbonyl (C=O) groups is 2. The zero-order chi connectivity index (χ0) is 26.9. The summed E-state index contributed by atoms with van der Waals surface area (Å²) in [6.07, 6.45) is 0. The number of ether oxygens (including phenoxy) is 3. The van der Waals surface area contributed by atoms with Gasteiger partial charge in [0.25, 0.3) is 5.69 Å². The molecule has 0 atom stereocenters. The van der Waals surface area contributed by atoms with E-state index in [-0.39, 0.29) is 39.4 Å². The van der Waals surface area contributed by atoms with Gasteiger partial charge in [0.05, 0.1) is 31.2 Å². The first kappa shape index (κ1) is 30.4. The molecule has 0 saturated carbocycles. The average molecular weight is 518 g/mol. The second-order valence-corrected chi connectivity index (χ2v) is 11.4. The molecule has 0 spiro atoms. The highest BCUT2D eigenvalue weighted by Gasteiger charge is 2.25. The maximum Gasteiger partial charge on any atom is 0.320 e. The lowest BCUT2D eigenvalue weighted by Crippen LogP contribution is -2.41. The Morgan fingerprint density at radius 3 is 1.97 bits per heavy atom. The Kier molecular flexibility index (Phi) is 11.2. The molecule has 0 radical (unpaired) electrons. The lowest BCUT2D eigenvalue weighted by Gasteiger charge is -2.26. The molecule has 0 heterocycles. The van der Waals surface area contributed by atoms with Gasteiger partial charge in [-0.3, -0.25) is 24.6 Å². The quantitative estimate of drug-likeness (QED) is 0.177. The second kappa shape index (κ2) is 12.9. The van der Waals surface area contributed by atoms with Crippen molar-refractivity contribution in [2.24, 2.45) is 0 Å². The summed E-state index contributed by atoms with van der Waals surface area (Å²) in [6.45, 7) is 10.2. The molecular weight excluding hydrogens is 482 g/mol. The van der Waals surface area contributed by atoms with E-state index in [1.807, 2.05) is 0 Å². The van der Waals surface area contributed by atoms with Crippen molar-refractivity contribution in [2.45, 2.75) is 57.6 Å². The Morgan fingerprint density at radius 2 is 1.49 bits per heavy atom. The Hall–Kier alpha value is -2.61. The number of nitrogens with one attached hydrogen (secondary N) is 1. The maximum absolute atomic E-state index is 12.4. The molecule has 0 aliphatic heterocycles. The molecule has 13 heteroatoms. The van der Waals surface area contributed by atoms with Crippen LogP contribution in [0.15, 0.2) is 29.2 Å². The Morgan fingerprint density at radius 1 is 0.971 bits per heavy atom. The largest absolute Gasteiger partial charge is 0.459 e. The molecule has 0 amide bonds. The summed E-state index contributed by atoms with van der Waals surface area (Å²) in [5.74, 6) is -1.03. The van der Waals surface area contributed by atoms with Crippen molar-refractivity contribution in [1.82, 2.24) is 9.62 Å². The number of benzene rings is 1. The zero-order valence-electron chi connectivity index (χ0n) is 21.0. The lowest BCUT2D eigenvalue weighted by atomic mass is 10.2. The van der Waals surface area contributed by atoms with Crippen LogP contribution >= 0.6 is 0 Å². The standard InChI is InChI=1S/C22H35N3O9S/c1-21(2,3)33-19(26)15-24(16-20(27)34-22(4,5)6)12-14-32-13-11-23-35(30,31)18-10-8-7-9-17(18)25(28)29/h7-10,23H,11-16H2,1-6H3. The van der Waals surface area contributed by atoms with Gasteiger partial charge in [-0.05, 0) is 47.6 Å². The van der Waals surface area contributed by atoms with Gasteiger partial charge in [-0.1, -0.05) is 12.1 Å². The van der Waals surface area contributed by atoms with Crippen molar-refractivity contribution in [1.29, 1.82) is 0 Å². The molecule has 0 aliphatic rings. The summed E-state index contributed by atoms with van der Waals surface area (Å²) < 4.78 is 43.1. The van der Waals surface area contributed by atoms with Gasteiger partial charge in [0.2, 0.25) is 10.0 Å². The summed E-state index contributed by atoms with van der Waals surface area (Å²) in [4.78, 5) is 35.8. The van der Waals surface area contributed by atoms with Crippen molar-refractivity contribution < 1.29 is 37.1 Å². The molecule has 12 nitrogen and oxygen atoms in total. The molecule has 1 aromatic rings.